The molecule has 0 spiro atoms. The smallest absolute Gasteiger partial charge is 0.339 e. The Morgan fingerprint density at radius 1 is 1.00 bits per heavy atom. The number of rotatable bonds is 12. The van der Waals surface area contributed by atoms with Crippen molar-refractivity contribution >= 4 is 21.9 Å². The number of unbranched alkanes of at least 4 members (excludes halogenated alkanes) is 7. The van der Waals surface area contributed by atoms with Gasteiger partial charge in [-0.3, -0.25) is 0 Å². The van der Waals surface area contributed by atoms with Crippen LogP contribution in [0.4, 0.5) is 0 Å². The molecule has 5 heteroatoms. The molecule has 0 saturated carbocycles. The fraction of sp³-hybridized carbons (Fsp3) is 0.588. The number of aromatic hydroxyl groups is 1. The van der Waals surface area contributed by atoms with Gasteiger partial charge in [-0.2, -0.15) is 0 Å². The molecule has 0 radical (unpaired) electrons. The minimum Gasteiger partial charge on any atom is -0.507 e. The van der Waals surface area contributed by atoms with E-state index in [-0.39, 0.29) is 11.3 Å². The largest absolute Gasteiger partial charge is 0.507 e. The average molecular weight is 373 g/mol. The van der Waals surface area contributed by atoms with Crippen LogP contribution in [0.2, 0.25) is 0 Å². The summed E-state index contributed by atoms with van der Waals surface area (Å²) in [5, 5.41) is 19.5. The lowest BCUT2D eigenvalue weighted by atomic mass is 10.1. The molecule has 0 aliphatic heterocycles. The first kappa shape index (κ1) is 18.8. The van der Waals surface area contributed by atoms with E-state index in [0.717, 1.165) is 18.2 Å². The second kappa shape index (κ2) is 11.4. The quantitative estimate of drug-likeness (QED) is 0.400. The van der Waals surface area contributed by atoms with Crippen LogP contribution in [-0.4, -0.2) is 28.1 Å². The minimum atomic E-state index is -1.14. The molecular formula is C17H25BrO4. The summed E-state index contributed by atoms with van der Waals surface area (Å²) >= 11 is 3.44. The van der Waals surface area contributed by atoms with E-state index in [0.29, 0.717) is 12.4 Å². The predicted molar refractivity (Wildman–Crippen MR) is 91.3 cm³/mol. The number of carbonyl (C=O) groups is 1. The minimum absolute atomic E-state index is 0.104. The zero-order valence-electron chi connectivity index (χ0n) is 12.9. The monoisotopic (exact) mass is 372 g/mol. The van der Waals surface area contributed by atoms with Crippen molar-refractivity contribution in [3.63, 3.8) is 0 Å². The van der Waals surface area contributed by atoms with Crippen LogP contribution in [0.15, 0.2) is 18.2 Å². The first-order valence-corrected chi connectivity index (χ1v) is 9.02. The summed E-state index contributed by atoms with van der Waals surface area (Å²) in [6, 6.07) is 4.29. The van der Waals surface area contributed by atoms with Crippen molar-refractivity contribution in [1.82, 2.24) is 0 Å². The van der Waals surface area contributed by atoms with Crippen molar-refractivity contribution in [2.45, 2.75) is 51.4 Å². The van der Waals surface area contributed by atoms with Gasteiger partial charge >= 0.3 is 5.97 Å². The molecule has 1 aromatic rings. The molecule has 0 bridgehead atoms. The highest BCUT2D eigenvalue weighted by Crippen LogP contribution is 2.23. The van der Waals surface area contributed by atoms with Crippen LogP contribution in [0.1, 0.15) is 61.7 Å². The third-order valence-electron chi connectivity index (χ3n) is 3.50. The van der Waals surface area contributed by atoms with Gasteiger partial charge in [-0.05, 0) is 25.0 Å². The summed E-state index contributed by atoms with van der Waals surface area (Å²) in [4.78, 5) is 10.8. The van der Waals surface area contributed by atoms with E-state index < -0.39 is 5.97 Å². The third kappa shape index (κ3) is 7.69. The zero-order chi connectivity index (χ0) is 16.2. The maximum Gasteiger partial charge on any atom is 0.339 e. The second-order valence-electron chi connectivity index (χ2n) is 5.35. The van der Waals surface area contributed by atoms with Gasteiger partial charge in [-0.15, -0.1) is 0 Å². The first-order chi connectivity index (χ1) is 10.6. The fourth-order valence-corrected chi connectivity index (χ4v) is 2.63. The number of hydrogen-bond donors (Lipinski definition) is 2. The number of phenols is 1. The fourth-order valence-electron chi connectivity index (χ4n) is 2.23. The van der Waals surface area contributed by atoms with E-state index in [1.807, 2.05) is 0 Å². The molecule has 0 aliphatic carbocycles. The molecule has 22 heavy (non-hydrogen) atoms. The number of halogens is 1. The average Bonchev–Trinajstić information content (AvgIpc) is 2.49. The van der Waals surface area contributed by atoms with Crippen molar-refractivity contribution in [3.05, 3.63) is 23.8 Å². The molecule has 0 fully saturated rings. The lowest BCUT2D eigenvalue weighted by molar-refractivity contribution is 0.0693. The predicted octanol–water partition coefficient (Wildman–Crippen LogP) is 4.98. The van der Waals surface area contributed by atoms with Gasteiger partial charge in [0.05, 0.1) is 6.61 Å². The van der Waals surface area contributed by atoms with Crippen LogP contribution in [-0.2, 0) is 0 Å². The van der Waals surface area contributed by atoms with E-state index in [1.54, 1.807) is 6.07 Å². The van der Waals surface area contributed by atoms with Gasteiger partial charge in [0, 0.05) is 11.4 Å². The molecule has 0 saturated heterocycles. The molecule has 4 nitrogen and oxygen atoms in total. The molecule has 0 heterocycles. The third-order valence-corrected chi connectivity index (χ3v) is 4.06. The van der Waals surface area contributed by atoms with Gasteiger partial charge in [-0.1, -0.05) is 54.5 Å². The Kier molecular flexibility index (Phi) is 9.71. The Morgan fingerprint density at radius 2 is 1.59 bits per heavy atom. The van der Waals surface area contributed by atoms with Crippen molar-refractivity contribution in [2.75, 3.05) is 11.9 Å². The number of ether oxygens (including phenoxy) is 1. The molecule has 124 valence electrons. The van der Waals surface area contributed by atoms with Gasteiger partial charge in [0.15, 0.2) is 0 Å². The van der Waals surface area contributed by atoms with E-state index in [9.17, 15) is 9.90 Å². The van der Waals surface area contributed by atoms with Gasteiger partial charge in [-0.25, -0.2) is 4.79 Å². The summed E-state index contributed by atoms with van der Waals surface area (Å²) in [5.41, 5.74) is -0.104. The van der Waals surface area contributed by atoms with Gasteiger partial charge < -0.3 is 14.9 Å². The van der Waals surface area contributed by atoms with E-state index in [4.69, 9.17) is 9.84 Å². The van der Waals surface area contributed by atoms with Gasteiger partial charge in [0.1, 0.15) is 17.1 Å². The Hall–Kier alpha value is -1.23. The lowest BCUT2D eigenvalue weighted by Gasteiger charge is -2.07. The lowest BCUT2D eigenvalue weighted by Crippen LogP contribution is -2.00. The Balaban J connectivity index is 2.07. The van der Waals surface area contributed by atoms with E-state index >= 15 is 0 Å². The molecular weight excluding hydrogens is 348 g/mol. The molecule has 0 atom stereocenters. The van der Waals surface area contributed by atoms with Gasteiger partial charge in [0.25, 0.3) is 0 Å². The number of carboxylic acids is 1. The Labute approximate surface area is 140 Å². The highest BCUT2D eigenvalue weighted by atomic mass is 79.9. The SMILES string of the molecule is O=C(O)c1ccc(OCCCCCCCCCCBr)cc1O. The van der Waals surface area contributed by atoms with Crippen molar-refractivity contribution in [1.29, 1.82) is 0 Å². The number of aromatic carboxylic acids is 1. The first-order valence-electron chi connectivity index (χ1n) is 7.90. The highest BCUT2D eigenvalue weighted by molar-refractivity contribution is 9.09. The number of alkyl halides is 1. The molecule has 0 amide bonds. The van der Waals surface area contributed by atoms with Crippen LogP contribution in [0.3, 0.4) is 0 Å². The van der Waals surface area contributed by atoms with Crippen molar-refractivity contribution in [3.8, 4) is 11.5 Å². The van der Waals surface area contributed by atoms with Crippen LogP contribution in [0.25, 0.3) is 0 Å². The van der Waals surface area contributed by atoms with E-state index in [2.05, 4.69) is 15.9 Å². The number of hydrogen-bond acceptors (Lipinski definition) is 3. The van der Waals surface area contributed by atoms with Gasteiger partial charge in [0.2, 0.25) is 0 Å². The molecule has 0 aromatic heterocycles. The summed E-state index contributed by atoms with van der Waals surface area (Å²) in [6.45, 7) is 0.593. The van der Waals surface area contributed by atoms with E-state index in [1.165, 1.54) is 50.7 Å². The zero-order valence-corrected chi connectivity index (χ0v) is 14.5. The Morgan fingerprint density at radius 3 is 2.14 bits per heavy atom. The summed E-state index contributed by atoms with van der Waals surface area (Å²) in [7, 11) is 0. The van der Waals surface area contributed by atoms with Crippen molar-refractivity contribution < 1.29 is 19.7 Å². The summed E-state index contributed by atoms with van der Waals surface area (Å²) in [6.07, 6.45) is 9.80. The van der Waals surface area contributed by atoms with Crippen LogP contribution in [0.5, 0.6) is 11.5 Å². The summed E-state index contributed by atoms with van der Waals surface area (Å²) < 4.78 is 5.52. The van der Waals surface area contributed by atoms with Crippen LogP contribution >= 0.6 is 15.9 Å². The standard InChI is InChI=1S/C17H25BrO4/c18-11-7-5-3-1-2-4-6-8-12-22-14-9-10-15(17(20)21)16(19)13-14/h9-10,13,19H,1-8,11-12H2,(H,20,21). The van der Waals surface area contributed by atoms with Crippen LogP contribution in [0, 0.1) is 0 Å². The number of benzene rings is 1. The summed E-state index contributed by atoms with van der Waals surface area (Å²) in [5.74, 6) is -0.883. The molecule has 0 unspecified atom stereocenters. The number of carboxylic acid groups (broad SMARTS) is 1. The topological polar surface area (TPSA) is 66.8 Å². The normalized spacial score (nSPS) is 10.6. The second-order valence-corrected chi connectivity index (χ2v) is 6.14. The Bertz CT molecular complexity index is 448. The molecule has 2 N–H and O–H groups in total. The van der Waals surface area contributed by atoms with Crippen molar-refractivity contribution in [2.24, 2.45) is 0 Å². The molecule has 0 aliphatic rings. The highest BCUT2D eigenvalue weighted by Gasteiger charge is 2.09. The maximum absolute atomic E-state index is 10.8. The van der Waals surface area contributed by atoms with Crippen LogP contribution < -0.4 is 4.74 Å². The maximum atomic E-state index is 10.8. The molecule has 1 rings (SSSR count). The molecule has 1 aromatic carbocycles.